The molecule has 1 aromatic heterocycles. The smallest absolute Gasteiger partial charge is 0.326 e. The average Bonchev–Trinajstić information content (AvgIpc) is 3.83. The van der Waals surface area contributed by atoms with Crippen LogP contribution in [0.4, 0.5) is 0 Å². The molecule has 0 unspecified atom stereocenters. The Labute approximate surface area is 471 Å². The number of hydrogen-bond acceptors (Lipinski definition) is 11. The predicted molar refractivity (Wildman–Crippen MR) is 305 cm³/mol. The molecule has 0 aliphatic heterocycles. The number of ketones is 1. The third-order valence-electron chi connectivity index (χ3n) is 14.0. The highest BCUT2D eigenvalue weighted by molar-refractivity contribution is 5.87. The van der Waals surface area contributed by atoms with Crippen molar-refractivity contribution in [1.29, 1.82) is 0 Å². The topological polar surface area (TPSA) is 333 Å². The molecule has 21 nitrogen and oxygen atoms in total. The van der Waals surface area contributed by atoms with Crippen molar-refractivity contribution in [3.8, 4) is 0 Å². The number of Topliss-reactive ketones (excluding diaryl/α,β-unsaturated/α-hetero) is 1. The van der Waals surface area contributed by atoms with Crippen LogP contribution in [0.2, 0.25) is 0 Å². The molecule has 0 saturated heterocycles. The lowest BCUT2D eigenvalue weighted by molar-refractivity contribution is -0.145. The molecule has 3 amide bonds. The summed E-state index contributed by atoms with van der Waals surface area (Å²) in [5.41, 5.74) is 9.05. The van der Waals surface area contributed by atoms with E-state index >= 15 is 0 Å². The van der Waals surface area contributed by atoms with Gasteiger partial charge in [0, 0.05) is 56.3 Å². The van der Waals surface area contributed by atoms with Gasteiger partial charge in [-0.3, -0.25) is 28.7 Å². The first-order valence-electron chi connectivity index (χ1n) is 30.2. The first-order chi connectivity index (χ1) is 38.0. The summed E-state index contributed by atoms with van der Waals surface area (Å²) in [5.74, 6) is -7.16. The number of carbonyl (C=O) groups excluding carboxylic acids is 4. The number of aryl methyl sites for hydroxylation is 2. The van der Waals surface area contributed by atoms with Gasteiger partial charge >= 0.3 is 23.9 Å². The first-order valence-corrected chi connectivity index (χ1v) is 30.2. The van der Waals surface area contributed by atoms with E-state index in [4.69, 9.17) is 5.53 Å². The maximum atomic E-state index is 12.3. The Morgan fingerprint density at radius 3 is 1.27 bits per heavy atom. The largest absolute Gasteiger partial charge is 0.481 e. The molecule has 0 saturated carbocycles. The zero-order valence-electron chi connectivity index (χ0n) is 48.6. The van der Waals surface area contributed by atoms with E-state index in [0.717, 1.165) is 44.2 Å². The van der Waals surface area contributed by atoms with Crippen LogP contribution in [0, 0.1) is 12.8 Å². The van der Waals surface area contributed by atoms with E-state index in [1.807, 2.05) is 6.92 Å². The van der Waals surface area contributed by atoms with Crippen molar-refractivity contribution in [1.82, 2.24) is 30.9 Å². The van der Waals surface area contributed by atoms with Crippen LogP contribution in [0.3, 0.4) is 0 Å². The van der Waals surface area contributed by atoms with Crippen molar-refractivity contribution in [2.45, 2.75) is 296 Å². The van der Waals surface area contributed by atoms with Crippen LogP contribution in [0.1, 0.15) is 270 Å². The molecule has 0 aromatic carbocycles. The third-order valence-corrected chi connectivity index (χ3v) is 14.0. The summed E-state index contributed by atoms with van der Waals surface area (Å²) in [6, 6.07) is -3.34. The minimum atomic E-state index is -1.21. The molecule has 0 aliphatic rings. The molecular weight excluding hydrogens is 1010 g/mol. The number of carbonyl (C=O) groups is 8. The number of aromatic nitrogens is 3. The van der Waals surface area contributed by atoms with Gasteiger partial charge in [0.1, 0.15) is 23.9 Å². The van der Waals surface area contributed by atoms with E-state index in [2.05, 4.69) is 50.1 Å². The van der Waals surface area contributed by atoms with Crippen molar-refractivity contribution in [2.24, 2.45) is 11.0 Å². The van der Waals surface area contributed by atoms with Gasteiger partial charge in [0.05, 0.1) is 11.6 Å². The van der Waals surface area contributed by atoms with Gasteiger partial charge in [-0.25, -0.2) is 14.4 Å². The Kier molecular flexibility index (Phi) is 47.0. The Bertz CT molecular complexity index is 1880. The van der Waals surface area contributed by atoms with E-state index in [9.17, 15) is 58.8 Å². The second-order valence-electron chi connectivity index (χ2n) is 21.3. The lowest BCUT2D eigenvalue weighted by atomic mass is 9.94. The monoisotopic (exact) mass is 1120 g/mol. The Morgan fingerprint density at radius 2 is 0.873 bits per heavy atom. The second-order valence-corrected chi connectivity index (χ2v) is 21.3. The number of carboxylic acids is 4. The van der Waals surface area contributed by atoms with E-state index in [0.29, 0.717) is 45.1 Å². The molecule has 0 bridgehead atoms. The van der Waals surface area contributed by atoms with Gasteiger partial charge in [0.15, 0.2) is 0 Å². The molecule has 4 atom stereocenters. The van der Waals surface area contributed by atoms with Crippen molar-refractivity contribution in [3.05, 3.63) is 22.3 Å². The highest BCUT2D eigenvalue weighted by Gasteiger charge is 2.26. The maximum Gasteiger partial charge on any atom is 0.326 e. The van der Waals surface area contributed by atoms with E-state index < -0.39 is 59.7 Å². The molecule has 79 heavy (non-hydrogen) atoms. The van der Waals surface area contributed by atoms with Gasteiger partial charge < -0.3 is 36.4 Å². The molecule has 1 rings (SSSR count). The number of hydrogen-bond donors (Lipinski definition) is 7. The molecule has 0 fully saturated rings. The fraction of sp³-hybridized carbons (Fsp3) is 0.828. The van der Waals surface area contributed by atoms with Gasteiger partial charge in [0.2, 0.25) is 17.7 Å². The number of carboxylic acid groups (broad SMARTS) is 4. The summed E-state index contributed by atoms with van der Waals surface area (Å²) in [6.45, 7) is 7.15. The summed E-state index contributed by atoms with van der Waals surface area (Å²) in [5, 5.41) is 56.3. The fourth-order valence-electron chi connectivity index (χ4n) is 9.19. The number of azide groups is 1. The van der Waals surface area contributed by atoms with Crippen LogP contribution in [0.5, 0.6) is 0 Å². The summed E-state index contributed by atoms with van der Waals surface area (Å²) in [7, 11) is 0. The molecule has 452 valence electrons. The number of unbranched alkanes of at least 4 members (excludes halogenated alkanes) is 26. The maximum absolute atomic E-state index is 12.3. The quantitative estimate of drug-likeness (QED) is 0.0138. The number of rotatable bonds is 53. The second kappa shape index (κ2) is 50.6. The van der Waals surface area contributed by atoms with Crippen molar-refractivity contribution in [2.75, 3.05) is 6.54 Å². The standard InChI is InChI=1S/C30H53N5O6.C28H50N4O6/c1-3-4-5-6-7-8-9-10-11-12-13-14-15-19-27(36)32-26(30(40)41)20-21-28(37)31-25(29(38)39)18-16-17-22-35-23-24(2)33-34-35;1-2-3-4-5-6-7-8-9-10-11-12-13-14-17-24(33)22-23(27(35)36)19-20-26(34)31-25(28(37)38)18-15-16-21-30-32-29/h23,25-26H,3-22H2,1-2H3,(H,31,37)(H,32,36)(H,38,39)(H,40,41);23,25H,2-22H2,1H3,(H,31,34)(H,35,36)(H,37,38)/t25-,26-;23-,25+/m01/s1. The number of nitrogens with one attached hydrogen (secondary N) is 3. The number of nitrogens with zero attached hydrogens (tertiary/aromatic N) is 6. The summed E-state index contributed by atoms with van der Waals surface area (Å²) in [4.78, 5) is 97.8. The van der Waals surface area contributed by atoms with Gasteiger partial charge in [-0.2, -0.15) is 0 Å². The van der Waals surface area contributed by atoms with Crippen molar-refractivity contribution < 1.29 is 58.8 Å². The summed E-state index contributed by atoms with van der Waals surface area (Å²) >= 11 is 0. The normalized spacial score (nSPS) is 12.4. The lowest BCUT2D eigenvalue weighted by Crippen LogP contribution is -2.43. The van der Waals surface area contributed by atoms with Crippen LogP contribution in [-0.4, -0.2) is 107 Å². The Hall–Kier alpha value is -5.59. The minimum Gasteiger partial charge on any atom is -0.481 e. The molecule has 0 radical (unpaired) electrons. The zero-order chi connectivity index (χ0) is 58.7. The van der Waals surface area contributed by atoms with Crippen molar-refractivity contribution >= 4 is 47.4 Å². The highest BCUT2D eigenvalue weighted by atomic mass is 16.4. The molecule has 1 aromatic rings. The average molecular weight is 1120 g/mol. The van der Waals surface area contributed by atoms with Crippen LogP contribution >= 0.6 is 0 Å². The number of aliphatic carboxylic acids is 4. The predicted octanol–water partition coefficient (Wildman–Crippen LogP) is 12.1. The van der Waals surface area contributed by atoms with Crippen LogP contribution in [0.25, 0.3) is 10.4 Å². The van der Waals surface area contributed by atoms with E-state index in [1.165, 1.54) is 122 Å². The first kappa shape index (κ1) is 73.4. The Morgan fingerprint density at radius 1 is 0.494 bits per heavy atom. The third kappa shape index (κ3) is 44.9. The molecule has 21 heteroatoms. The van der Waals surface area contributed by atoms with Crippen LogP contribution < -0.4 is 16.0 Å². The molecule has 0 spiro atoms. The van der Waals surface area contributed by atoms with Crippen LogP contribution in [0.15, 0.2) is 11.3 Å². The lowest BCUT2D eigenvalue weighted by Gasteiger charge is -2.17. The molecule has 0 aliphatic carbocycles. The van der Waals surface area contributed by atoms with E-state index in [-0.39, 0.29) is 69.6 Å². The summed E-state index contributed by atoms with van der Waals surface area (Å²) in [6.07, 6.45) is 35.8. The Balaban J connectivity index is 0.00000155. The molecular formula is C58H103N9O12. The van der Waals surface area contributed by atoms with Gasteiger partial charge in [-0.15, -0.1) is 5.10 Å². The van der Waals surface area contributed by atoms with Gasteiger partial charge in [0.25, 0.3) is 0 Å². The summed E-state index contributed by atoms with van der Waals surface area (Å²) < 4.78 is 1.68. The van der Waals surface area contributed by atoms with Gasteiger partial charge in [-0.05, 0) is 70.2 Å². The zero-order valence-corrected chi connectivity index (χ0v) is 48.6. The van der Waals surface area contributed by atoms with Crippen molar-refractivity contribution in [3.63, 3.8) is 0 Å². The minimum absolute atomic E-state index is 0.0191. The van der Waals surface area contributed by atoms with E-state index in [1.54, 1.807) is 10.9 Å². The molecule has 1 heterocycles. The molecule has 7 N–H and O–H groups in total. The van der Waals surface area contributed by atoms with Crippen LogP contribution in [-0.2, 0) is 44.9 Å². The highest BCUT2D eigenvalue weighted by Crippen LogP contribution is 2.18. The van der Waals surface area contributed by atoms with Gasteiger partial charge in [-0.1, -0.05) is 185 Å². The SMILES string of the molecule is CCCCCCCCCCCCCCCC(=O)C[C@@H](CCC(=O)N[C@@H](CCCCN=[N+]=[N-])C(=O)O)C(=O)O.CCCCCCCCCCCCCCCC(=O)N[C@@H](CCC(=O)N[C@@H](CCCCn1cc(C)nn1)C(=O)O)C(=O)O. The number of amides is 3. The fourth-order valence-corrected chi connectivity index (χ4v) is 9.19.